The zero-order valence-corrected chi connectivity index (χ0v) is 11.6. The summed E-state index contributed by atoms with van der Waals surface area (Å²) >= 11 is 0. The van der Waals surface area contributed by atoms with E-state index in [1.165, 1.54) is 0 Å². The van der Waals surface area contributed by atoms with Gasteiger partial charge in [-0.1, -0.05) is 23.4 Å². The summed E-state index contributed by atoms with van der Waals surface area (Å²) < 4.78 is 7.49. The minimum absolute atomic E-state index is 0.735. The molecule has 5 nitrogen and oxygen atoms in total. The number of aromatic nitrogens is 4. The summed E-state index contributed by atoms with van der Waals surface area (Å²) in [5, 5.41) is 8.25. The predicted molar refractivity (Wildman–Crippen MR) is 83.2 cm³/mol. The van der Waals surface area contributed by atoms with E-state index >= 15 is 0 Å². The Balaban J connectivity index is 1.64. The maximum absolute atomic E-state index is 5.78. The number of nitrogens with zero attached hydrogens (tertiary/aromatic N) is 4. The van der Waals surface area contributed by atoms with Gasteiger partial charge >= 0.3 is 0 Å². The van der Waals surface area contributed by atoms with Gasteiger partial charge in [0, 0.05) is 6.20 Å². The lowest BCUT2D eigenvalue weighted by Gasteiger charge is -2.06. The second-order valence-electron chi connectivity index (χ2n) is 4.76. The first-order valence-corrected chi connectivity index (χ1v) is 6.90. The largest absolute Gasteiger partial charge is 0.457 e. The molecule has 0 radical (unpaired) electrons. The van der Waals surface area contributed by atoms with Crippen LogP contribution < -0.4 is 4.74 Å². The predicted octanol–water partition coefficient (Wildman–Crippen LogP) is 3.61. The summed E-state index contributed by atoms with van der Waals surface area (Å²) in [4.78, 5) is 4.31. The molecule has 106 valence electrons. The summed E-state index contributed by atoms with van der Waals surface area (Å²) in [5.74, 6) is 1.58. The van der Waals surface area contributed by atoms with Gasteiger partial charge in [-0.05, 0) is 48.5 Å². The molecule has 2 aromatic carbocycles. The van der Waals surface area contributed by atoms with Crippen LogP contribution in [0.2, 0.25) is 0 Å². The Labute approximate surface area is 126 Å². The molecule has 0 atom stereocenters. The van der Waals surface area contributed by atoms with E-state index in [4.69, 9.17) is 4.74 Å². The Morgan fingerprint density at radius 3 is 2.36 bits per heavy atom. The van der Waals surface area contributed by atoms with Crippen molar-refractivity contribution >= 4 is 11.2 Å². The summed E-state index contributed by atoms with van der Waals surface area (Å²) in [6.07, 6.45) is 1.73. The number of fused-ring (bicyclic) bond motifs is 1. The zero-order chi connectivity index (χ0) is 14.8. The highest BCUT2D eigenvalue weighted by Gasteiger charge is 2.07. The smallest absolute Gasteiger partial charge is 0.183 e. The van der Waals surface area contributed by atoms with Crippen molar-refractivity contribution in [2.75, 3.05) is 0 Å². The van der Waals surface area contributed by atoms with Crippen LogP contribution in [0.1, 0.15) is 0 Å². The van der Waals surface area contributed by atoms with Crippen LogP contribution in [0.5, 0.6) is 11.5 Å². The molecular formula is C17H12N4O. The lowest BCUT2D eigenvalue weighted by molar-refractivity contribution is 0.482. The number of hydrogen-bond donors (Lipinski definition) is 0. The summed E-state index contributed by atoms with van der Waals surface area (Å²) in [6.45, 7) is 0. The molecule has 22 heavy (non-hydrogen) atoms. The lowest BCUT2D eigenvalue weighted by Crippen LogP contribution is -1.97. The fraction of sp³-hybridized carbons (Fsp3) is 0. The van der Waals surface area contributed by atoms with Crippen molar-refractivity contribution < 1.29 is 4.74 Å². The van der Waals surface area contributed by atoms with Crippen molar-refractivity contribution in [2.45, 2.75) is 0 Å². The van der Waals surface area contributed by atoms with Gasteiger partial charge in [-0.15, -0.1) is 5.10 Å². The van der Waals surface area contributed by atoms with E-state index in [2.05, 4.69) is 15.3 Å². The maximum atomic E-state index is 5.78. The van der Waals surface area contributed by atoms with Crippen LogP contribution in [-0.4, -0.2) is 20.0 Å². The molecule has 0 saturated carbocycles. The highest BCUT2D eigenvalue weighted by Crippen LogP contribution is 2.22. The van der Waals surface area contributed by atoms with Crippen LogP contribution >= 0.6 is 0 Å². The lowest BCUT2D eigenvalue weighted by atomic mass is 10.3. The molecule has 0 spiro atoms. The average Bonchev–Trinajstić information content (AvgIpc) is 3.01. The third kappa shape index (κ3) is 2.29. The Bertz CT molecular complexity index is 901. The van der Waals surface area contributed by atoms with Gasteiger partial charge < -0.3 is 4.74 Å². The van der Waals surface area contributed by atoms with Gasteiger partial charge in [-0.2, -0.15) is 4.68 Å². The van der Waals surface area contributed by atoms with Crippen molar-refractivity contribution in [1.29, 1.82) is 0 Å². The van der Waals surface area contributed by atoms with E-state index in [1.807, 2.05) is 66.7 Å². The van der Waals surface area contributed by atoms with E-state index < -0.39 is 0 Å². The molecule has 5 heteroatoms. The third-order valence-electron chi connectivity index (χ3n) is 3.27. The zero-order valence-electron chi connectivity index (χ0n) is 11.6. The first kappa shape index (κ1) is 12.5. The van der Waals surface area contributed by atoms with Crippen molar-refractivity contribution in [3.63, 3.8) is 0 Å². The second-order valence-corrected chi connectivity index (χ2v) is 4.76. The van der Waals surface area contributed by atoms with Crippen LogP contribution in [0.25, 0.3) is 16.9 Å². The van der Waals surface area contributed by atoms with Gasteiger partial charge in [0.05, 0.1) is 5.69 Å². The molecule has 0 amide bonds. The minimum atomic E-state index is 0.735. The number of ether oxygens (including phenoxy) is 1. The van der Waals surface area contributed by atoms with E-state index in [1.54, 1.807) is 10.9 Å². The number of rotatable bonds is 3. The van der Waals surface area contributed by atoms with Gasteiger partial charge in [0.15, 0.2) is 5.65 Å². The molecule has 4 aromatic rings. The van der Waals surface area contributed by atoms with Crippen LogP contribution in [0.15, 0.2) is 72.9 Å². The maximum Gasteiger partial charge on any atom is 0.183 e. The molecule has 0 saturated heterocycles. The molecule has 0 bridgehead atoms. The highest BCUT2D eigenvalue weighted by atomic mass is 16.5. The SMILES string of the molecule is c1ccc(Oc2ccc(-n3nnc4cccnc43)cc2)cc1. The summed E-state index contributed by atoms with van der Waals surface area (Å²) in [7, 11) is 0. The van der Waals surface area contributed by atoms with Crippen LogP contribution in [0, 0.1) is 0 Å². The van der Waals surface area contributed by atoms with E-state index in [0.717, 1.165) is 28.4 Å². The van der Waals surface area contributed by atoms with E-state index in [-0.39, 0.29) is 0 Å². The normalized spacial score (nSPS) is 10.7. The molecule has 0 aliphatic heterocycles. The van der Waals surface area contributed by atoms with Gasteiger partial charge in [0.1, 0.15) is 17.0 Å². The molecule has 0 N–H and O–H groups in total. The van der Waals surface area contributed by atoms with Crippen molar-refractivity contribution in [3.05, 3.63) is 72.9 Å². The van der Waals surface area contributed by atoms with E-state index in [9.17, 15) is 0 Å². The molecule has 0 unspecified atom stereocenters. The molecule has 2 aromatic heterocycles. The minimum Gasteiger partial charge on any atom is -0.457 e. The van der Waals surface area contributed by atoms with Crippen LogP contribution in [0.4, 0.5) is 0 Å². The van der Waals surface area contributed by atoms with Gasteiger partial charge in [0.2, 0.25) is 0 Å². The fourth-order valence-electron chi connectivity index (χ4n) is 2.22. The second kappa shape index (κ2) is 5.29. The molecule has 4 rings (SSSR count). The Morgan fingerprint density at radius 2 is 1.55 bits per heavy atom. The monoisotopic (exact) mass is 288 g/mol. The highest BCUT2D eigenvalue weighted by molar-refractivity contribution is 5.71. The third-order valence-corrected chi connectivity index (χ3v) is 3.27. The quantitative estimate of drug-likeness (QED) is 0.578. The Morgan fingerprint density at radius 1 is 0.773 bits per heavy atom. The number of benzene rings is 2. The number of para-hydroxylation sites is 1. The fourth-order valence-corrected chi connectivity index (χ4v) is 2.22. The topological polar surface area (TPSA) is 52.8 Å². The molecule has 0 aliphatic rings. The summed E-state index contributed by atoms with van der Waals surface area (Å²) in [6, 6.07) is 21.1. The molecule has 0 fully saturated rings. The molecular weight excluding hydrogens is 276 g/mol. The van der Waals surface area contributed by atoms with Gasteiger partial charge in [0.25, 0.3) is 0 Å². The molecule has 2 heterocycles. The number of hydrogen-bond acceptors (Lipinski definition) is 4. The Kier molecular flexibility index (Phi) is 3.01. The van der Waals surface area contributed by atoms with Crippen LogP contribution in [-0.2, 0) is 0 Å². The van der Waals surface area contributed by atoms with Crippen molar-refractivity contribution in [1.82, 2.24) is 20.0 Å². The van der Waals surface area contributed by atoms with E-state index in [0.29, 0.717) is 0 Å². The standard InChI is InChI=1S/C17H12N4O/c1-2-5-14(6-3-1)22-15-10-8-13(9-11-15)21-17-16(19-20-21)7-4-12-18-17/h1-12H. The summed E-state index contributed by atoms with van der Waals surface area (Å²) in [5.41, 5.74) is 2.40. The van der Waals surface area contributed by atoms with Crippen molar-refractivity contribution in [2.24, 2.45) is 0 Å². The van der Waals surface area contributed by atoms with Crippen molar-refractivity contribution in [3.8, 4) is 17.2 Å². The first-order chi connectivity index (χ1) is 10.9. The van der Waals surface area contributed by atoms with Gasteiger partial charge in [-0.25, -0.2) is 4.98 Å². The molecule has 0 aliphatic carbocycles. The van der Waals surface area contributed by atoms with Crippen LogP contribution in [0.3, 0.4) is 0 Å². The first-order valence-electron chi connectivity index (χ1n) is 6.90. The Hall–Kier alpha value is -3.21. The van der Waals surface area contributed by atoms with Gasteiger partial charge in [-0.3, -0.25) is 0 Å². The number of pyridine rings is 1. The average molecular weight is 288 g/mol.